The first-order valence-electron chi connectivity index (χ1n) is 5.01. The third-order valence-corrected chi connectivity index (χ3v) is 3.40. The molecule has 0 fully saturated rings. The summed E-state index contributed by atoms with van der Waals surface area (Å²) in [7, 11) is 2.09. The molecular weight excluding hydrogens is 194 g/mol. The van der Waals surface area contributed by atoms with Gasteiger partial charge in [0.2, 0.25) is 0 Å². The third kappa shape index (κ3) is 2.96. The molecule has 0 amide bonds. The van der Waals surface area contributed by atoms with Crippen LogP contribution in [0.1, 0.15) is 17.5 Å². The van der Waals surface area contributed by atoms with Gasteiger partial charge in [-0.1, -0.05) is 6.92 Å². The fourth-order valence-electron chi connectivity index (χ4n) is 1.14. The summed E-state index contributed by atoms with van der Waals surface area (Å²) in [6, 6.07) is 0. The number of likely N-dealkylation sites (N-methyl/N-ethyl adjacent to an activating group) is 2. The summed E-state index contributed by atoms with van der Waals surface area (Å²) < 4.78 is 0. The minimum absolute atomic E-state index is 1.01. The largest absolute Gasteiger partial charge is 0.350 e. The molecular formula is C10H19N3S. The number of aromatic nitrogens is 1. The molecule has 14 heavy (non-hydrogen) atoms. The van der Waals surface area contributed by atoms with Gasteiger partial charge in [0.1, 0.15) is 0 Å². The van der Waals surface area contributed by atoms with Crippen molar-refractivity contribution in [1.29, 1.82) is 0 Å². The lowest BCUT2D eigenvalue weighted by Gasteiger charge is -2.15. The van der Waals surface area contributed by atoms with Crippen LogP contribution >= 0.6 is 11.3 Å². The molecule has 1 heterocycles. The first-order valence-corrected chi connectivity index (χ1v) is 5.82. The lowest BCUT2D eigenvalue weighted by molar-refractivity contribution is 0.705. The van der Waals surface area contributed by atoms with Gasteiger partial charge in [0, 0.05) is 25.0 Å². The molecule has 1 rings (SSSR count). The van der Waals surface area contributed by atoms with Gasteiger partial charge in [-0.15, -0.1) is 11.3 Å². The Hall–Kier alpha value is -0.610. The zero-order valence-electron chi connectivity index (χ0n) is 9.42. The number of nitrogens with zero attached hydrogens (tertiary/aromatic N) is 2. The van der Waals surface area contributed by atoms with Crippen LogP contribution < -0.4 is 10.2 Å². The summed E-state index contributed by atoms with van der Waals surface area (Å²) in [5.74, 6) is 0. The van der Waals surface area contributed by atoms with E-state index in [1.807, 2.05) is 0 Å². The van der Waals surface area contributed by atoms with Crippen LogP contribution in [0, 0.1) is 13.8 Å². The summed E-state index contributed by atoms with van der Waals surface area (Å²) in [6.45, 7) is 9.37. The van der Waals surface area contributed by atoms with Crippen molar-refractivity contribution in [3.05, 3.63) is 10.6 Å². The molecule has 3 nitrogen and oxygen atoms in total. The third-order valence-electron chi connectivity index (χ3n) is 2.22. The van der Waals surface area contributed by atoms with Crippen LogP contribution in [0.15, 0.2) is 0 Å². The number of hydrogen-bond acceptors (Lipinski definition) is 4. The fraction of sp³-hybridized carbons (Fsp3) is 0.700. The predicted octanol–water partition coefficient (Wildman–Crippen LogP) is 1.81. The predicted molar refractivity (Wildman–Crippen MR) is 63.4 cm³/mol. The van der Waals surface area contributed by atoms with Crippen molar-refractivity contribution in [2.24, 2.45) is 0 Å². The molecule has 0 aromatic carbocycles. The number of anilines is 1. The van der Waals surface area contributed by atoms with E-state index in [2.05, 4.69) is 43.0 Å². The maximum atomic E-state index is 4.51. The fourth-order valence-corrected chi connectivity index (χ4v) is 2.04. The number of nitrogens with one attached hydrogen (secondary N) is 1. The Morgan fingerprint density at radius 2 is 2.14 bits per heavy atom. The lowest BCUT2D eigenvalue weighted by atomic mass is 10.4. The first kappa shape index (κ1) is 11.5. The van der Waals surface area contributed by atoms with Crippen LogP contribution in [0.25, 0.3) is 0 Å². The van der Waals surface area contributed by atoms with Crippen LogP contribution in [-0.4, -0.2) is 31.7 Å². The Labute approximate surface area is 90.2 Å². The molecule has 0 aliphatic carbocycles. The molecule has 0 spiro atoms. The molecule has 1 aromatic rings. The average Bonchev–Trinajstić information content (AvgIpc) is 2.47. The highest BCUT2D eigenvalue weighted by Crippen LogP contribution is 2.23. The number of hydrogen-bond donors (Lipinski definition) is 1. The minimum Gasteiger partial charge on any atom is -0.350 e. The van der Waals surface area contributed by atoms with Crippen molar-refractivity contribution in [3.8, 4) is 0 Å². The lowest BCUT2D eigenvalue weighted by Crippen LogP contribution is -2.28. The second-order valence-corrected chi connectivity index (χ2v) is 4.59. The average molecular weight is 213 g/mol. The molecule has 80 valence electrons. The standard InChI is InChI=1S/C10H19N3S/c1-5-11-6-7-13(4)10-12-8(2)9(3)14-10/h11H,5-7H2,1-4H3. The van der Waals surface area contributed by atoms with Crippen molar-refractivity contribution < 1.29 is 0 Å². The van der Waals surface area contributed by atoms with E-state index in [1.165, 1.54) is 4.88 Å². The van der Waals surface area contributed by atoms with Crippen LogP contribution in [0.5, 0.6) is 0 Å². The van der Waals surface area contributed by atoms with Crippen molar-refractivity contribution in [3.63, 3.8) is 0 Å². The Morgan fingerprint density at radius 1 is 1.43 bits per heavy atom. The maximum absolute atomic E-state index is 4.51. The van der Waals surface area contributed by atoms with Gasteiger partial charge in [0.25, 0.3) is 0 Å². The van der Waals surface area contributed by atoms with Crippen molar-refractivity contribution in [1.82, 2.24) is 10.3 Å². The highest BCUT2D eigenvalue weighted by Gasteiger charge is 2.07. The van der Waals surface area contributed by atoms with E-state index >= 15 is 0 Å². The molecule has 0 unspecified atom stereocenters. The highest BCUT2D eigenvalue weighted by atomic mass is 32.1. The number of thiazole rings is 1. The zero-order valence-corrected chi connectivity index (χ0v) is 10.2. The second-order valence-electron chi connectivity index (χ2n) is 3.41. The molecule has 4 heteroatoms. The minimum atomic E-state index is 1.01. The topological polar surface area (TPSA) is 28.2 Å². The second kappa shape index (κ2) is 5.32. The SMILES string of the molecule is CCNCCN(C)c1nc(C)c(C)s1. The van der Waals surface area contributed by atoms with E-state index in [0.717, 1.165) is 30.5 Å². The van der Waals surface area contributed by atoms with E-state index in [1.54, 1.807) is 11.3 Å². The summed E-state index contributed by atoms with van der Waals surface area (Å²) >= 11 is 1.77. The van der Waals surface area contributed by atoms with Crippen molar-refractivity contribution in [2.45, 2.75) is 20.8 Å². The molecule has 0 saturated carbocycles. The van der Waals surface area contributed by atoms with Gasteiger partial charge >= 0.3 is 0 Å². The van der Waals surface area contributed by atoms with Gasteiger partial charge in [0.15, 0.2) is 5.13 Å². The van der Waals surface area contributed by atoms with Crippen LogP contribution in [0.3, 0.4) is 0 Å². The van der Waals surface area contributed by atoms with Crippen LogP contribution in [0.4, 0.5) is 5.13 Å². The van der Waals surface area contributed by atoms with Gasteiger partial charge in [0.05, 0.1) is 5.69 Å². The van der Waals surface area contributed by atoms with E-state index in [-0.39, 0.29) is 0 Å². The van der Waals surface area contributed by atoms with Gasteiger partial charge < -0.3 is 10.2 Å². The maximum Gasteiger partial charge on any atom is 0.185 e. The molecule has 0 bridgehead atoms. The Morgan fingerprint density at radius 3 is 2.64 bits per heavy atom. The monoisotopic (exact) mass is 213 g/mol. The van der Waals surface area contributed by atoms with E-state index in [9.17, 15) is 0 Å². The van der Waals surface area contributed by atoms with Gasteiger partial charge in [-0.25, -0.2) is 4.98 Å². The summed E-state index contributed by atoms with van der Waals surface area (Å²) in [6.07, 6.45) is 0. The Balaban J connectivity index is 2.47. The number of rotatable bonds is 5. The van der Waals surface area contributed by atoms with Crippen molar-refractivity contribution in [2.75, 3.05) is 31.6 Å². The smallest absolute Gasteiger partial charge is 0.185 e. The van der Waals surface area contributed by atoms with Crippen LogP contribution in [0.2, 0.25) is 0 Å². The van der Waals surface area contributed by atoms with Gasteiger partial charge in [-0.05, 0) is 20.4 Å². The van der Waals surface area contributed by atoms with E-state index < -0.39 is 0 Å². The normalized spacial score (nSPS) is 10.6. The van der Waals surface area contributed by atoms with Crippen LogP contribution in [-0.2, 0) is 0 Å². The van der Waals surface area contributed by atoms with E-state index in [0.29, 0.717) is 0 Å². The van der Waals surface area contributed by atoms with Crippen molar-refractivity contribution >= 4 is 16.5 Å². The Kier molecular flexibility index (Phi) is 4.35. The molecule has 0 aliphatic heterocycles. The molecule has 0 saturated heterocycles. The quantitative estimate of drug-likeness (QED) is 0.756. The molecule has 0 atom stereocenters. The molecule has 0 aliphatic rings. The summed E-state index contributed by atoms with van der Waals surface area (Å²) in [4.78, 5) is 8.02. The van der Waals surface area contributed by atoms with E-state index in [4.69, 9.17) is 0 Å². The van der Waals surface area contributed by atoms with Gasteiger partial charge in [-0.3, -0.25) is 0 Å². The molecule has 1 aromatic heterocycles. The highest BCUT2D eigenvalue weighted by molar-refractivity contribution is 7.15. The molecule has 1 N–H and O–H groups in total. The Bertz CT molecular complexity index is 263. The summed E-state index contributed by atoms with van der Waals surface area (Å²) in [5.41, 5.74) is 1.15. The van der Waals surface area contributed by atoms with Gasteiger partial charge in [-0.2, -0.15) is 0 Å². The first-order chi connectivity index (χ1) is 6.65. The zero-order chi connectivity index (χ0) is 10.6. The summed E-state index contributed by atoms with van der Waals surface area (Å²) in [5, 5.41) is 4.43. The molecule has 0 radical (unpaired) electrons. The number of aryl methyl sites for hydroxylation is 2.